The Hall–Kier alpha value is -2.60. The molecule has 1 aromatic carbocycles. The number of pyridine rings is 1. The van der Waals surface area contributed by atoms with E-state index in [0.717, 1.165) is 37.6 Å². The van der Waals surface area contributed by atoms with Crippen molar-refractivity contribution >= 4 is 17.4 Å². The van der Waals surface area contributed by atoms with E-state index in [1.807, 2.05) is 55.1 Å². The minimum absolute atomic E-state index is 0.0423. The van der Waals surface area contributed by atoms with E-state index in [9.17, 15) is 4.79 Å². The van der Waals surface area contributed by atoms with Crippen molar-refractivity contribution in [1.82, 2.24) is 14.8 Å². The number of nitrogens with zero attached hydrogens (tertiary/aromatic N) is 3. The lowest BCUT2D eigenvalue weighted by Gasteiger charge is -2.32. The first kappa shape index (κ1) is 18.2. The van der Waals surface area contributed by atoms with E-state index < -0.39 is 0 Å². The van der Waals surface area contributed by atoms with Crippen LogP contribution in [0.5, 0.6) is 5.75 Å². The van der Waals surface area contributed by atoms with Gasteiger partial charge in [0.05, 0.1) is 17.4 Å². The highest BCUT2D eigenvalue weighted by Crippen LogP contribution is 2.27. The number of amides is 1. The van der Waals surface area contributed by atoms with Crippen molar-refractivity contribution in [2.75, 3.05) is 38.5 Å². The third kappa shape index (κ3) is 4.52. The third-order valence-electron chi connectivity index (χ3n) is 4.31. The van der Waals surface area contributed by atoms with E-state index >= 15 is 0 Å². The van der Waals surface area contributed by atoms with Crippen molar-refractivity contribution in [3.8, 4) is 5.75 Å². The fourth-order valence-corrected chi connectivity index (χ4v) is 2.85. The lowest BCUT2D eigenvalue weighted by Crippen LogP contribution is -2.47. The van der Waals surface area contributed by atoms with Gasteiger partial charge < -0.3 is 19.9 Å². The molecule has 1 aliphatic rings. The lowest BCUT2D eigenvalue weighted by atomic mass is 10.2. The normalized spacial score (nSPS) is 15.2. The Morgan fingerprint density at radius 3 is 2.50 bits per heavy atom. The van der Waals surface area contributed by atoms with Crippen molar-refractivity contribution in [2.45, 2.75) is 20.0 Å². The lowest BCUT2D eigenvalue weighted by molar-refractivity contribution is 0.0663. The zero-order chi connectivity index (χ0) is 18.5. The number of anilines is 2. The Morgan fingerprint density at radius 2 is 1.85 bits per heavy atom. The molecule has 26 heavy (non-hydrogen) atoms. The number of ether oxygens (including phenoxy) is 1. The predicted octanol–water partition coefficient (Wildman–Crippen LogP) is 3.00. The number of piperazine rings is 1. The highest BCUT2D eigenvalue weighted by Gasteiger charge is 2.20. The highest BCUT2D eigenvalue weighted by atomic mass is 16.5. The van der Waals surface area contributed by atoms with Gasteiger partial charge in [-0.3, -0.25) is 4.79 Å². The summed E-state index contributed by atoms with van der Waals surface area (Å²) in [6.07, 6.45) is 1.73. The molecule has 6 heteroatoms. The van der Waals surface area contributed by atoms with E-state index in [1.54, 1.807) is 6.20 Å². The number of hydrogen-bond donors (Lipinski definition) is 1. The number of carbonyl (C=O) groups excluding carboxylic acids is 1. The van der Waals surface area contributed by atoms with Crippen LogP contribution in [-0.4, -0.2) is 60.0 Å². The van der Waals surface area contributed by atoms with Gasteiger partial charge in [0.25, 0.3) is 5.91 Å². The molecule has 2 aromatic rings. The summed E-state index contributed by atoms with van der Waals surface area (Å²) in [6.45, 7) is 7.32. The Morgan fingerprint density at radius 1 is 1.12 bits per heavy atom. The summed E-state index contributed by atoms with van der Waals surface area (Å²) in [6, 6.07) is 11.4. The highest BCUT2D eigenvalue weighted by molar-refractivity contribution is 5.94. The molecule has 0 spiro atoms. The van der Waals surface area contributed by atoms with E-state index in [-0.39, 0.29) is 12.0 Å². The van der Waals surface area contributed by atoms with E-state index in [2.05, 4.69) is 22.2 Å². The largest absolute Gasteiger partial charge is 0.489 e. The fourth-order valence-electron chi connectivity index (χ4n) is 2.85. The Labute approximate surface area is 154 Å². The van der Waals surface area contributed by atoms with Crippen LogP contribution in [0.1, 0.15) is 24.2 Å². The average molecular weight is 354 g/mol. The first-order valence-electron chi connectivity index (χ1n) is 8.99. The maximum Gasteiger partial charge on any atom is 0.255 e. The quantitative estimate of drug-likeness (QED) is 0.894. The summed E-state index contributed by atoms with van der Waals surface area (Å²) in [5.41, 5.74) is 1.47. The molecule has 0 bridgehead atoms. The SMILES string of the molecule is CC(C)Oc1ccccc1Nc1ccc(C(=O)N2CCN(C)CC2)cn1. The second kappa shape index (κ2) is 8.19. The van der Waals surface area contributed by atoms with Crippen molar-refractivity contribution < 1.29 is 9.53 Å². The van der Waals surface area contributed by atoms with Crippen LogP contribution in [0.15, 0.2) is 42.6 Å². The van der Waals surface area contributed by atoms with Crippen LogP contribution in [0.25, 0.3) is 0 Å². The summed E-state index contributed by atoms with van der Waals surface area (Å²) < 4.78 is 5.81. The molecule has 1 amide bonds. The molecule has 0 aliphatic carbocycles. The van der Waals surface area contributed by atoms with Crippen LogP contribution < -0.4 is 10.1 Å². The average Bonchev–Trinajstić information content (AvgIpc) is 2.64. The maximum absolute atomic E-state index is 12.6. The van der Waals surface area contributed by atoms with Crippen LogP contribution in [0.4, 0.5) is 11.5 Å². The van der Waals surface area contributed by atoms with Gasteiger partial charge >= 0.3 is 0 Å². The van der Waals surface area contributed by atoms with Crippen LogP contribution >= 0.6 is 0 Å². The molecule has 0 saturated carbocycles. The zero-order valence-electron chi connectivity index (χ0n) is 15.6. The number of nitrogens with one attached hydrogen (secondary N) is 1. The van der Waals surface area contributed by atoms with Crippen molar-refractivity contribution in [3.63, 3.8) is 0 Å². The number of carbonyl (C=O) groups is 1. The van der Waals surface area contributed by atoms with E-state index in [1.165, 1.54) is 0 Å². The molecule has 3 rings (SSSR count). The molecule has 1 fully saturated rings. The standard InChI is InChI=1S/C20H26N4O2/c1-15(2)26-18-7-5-4-6-17(18)22-19-9-8-16(14-21-19)20(25)24-12-10-23(3)11-13-24/h4-9,14-15H,10-13H2,1-3H3,(H,21,22). The van der Waals surface area contributed by atoms with Crippen LogP contribution in [-0.2, 0) is 0 Å². The number of rotatable bonds is 5. The molecule has 1 aromatic heterocycles. The minimum atomic E-state index is 0.0423. The van der Waals surface area contributed by atoms with Crippen molar-refractivity contribution in [2.24, 2.45) is 0 Å². The number of hydrogen-bond acceptors (Lipinski definition) is 5. The van der Waals surface area contributed by atoms with Gasteiger partial charge in [-0.15, -0.1) is 0 Å². The first-order chi connectivity index (χ1) is 12.5. The number of likely N-dealkylation sites (N-methyl/N-ethyl adjacent to an activating group) is 1. The van der Waals surface area contributed by atoms with Gasteiger partial charge in [0.15, 0.2) is 0 Å². The van der Waals surface area contributed by atoms with Crippen LogP contribution in [0.3, 0.4) is 0 Å². The Balaban J connectivity index is 1.68. The minimum Gasteiger partial charge on any atom is -0.489 e. The summed E-state index contributed by atoms with van der Waals surface area (Å²) in [4.78, 5) is 21.1. The Bertz CT molecular complexity index is 738. The van der Waals surface area contributed by atoms with Gasteiger partial charge in [0, 0.05) is 32.4 Å². The molecule has 0 atom stereocenters. The Kier molecular flexibility index (Phi) is 5.73. The van der Waals surface area contributed by atoms with Crippen LogP contribution in [0.2, 0.25) is 0 Å². The van der Waals surface area contributed by atoms with Crippen molar-refractivity contribution in [3.05, 3.63) is 48.2 Å². The summed E-state index contributed by atoms with van der Waals surface area (Å²) in [5, 5.41) is 3.26. The van der Waals surface area contributed by atoms with Gasteiger partial charge in [-0.2, -0.15) is 0 Å². The molecule has 6 nitrogen and oxygen atoms in total. The zero-order valence-corrected chi connectivity index (χ0v) is 15.6. The van der Waals surface area contributed by atoms with E-state index in [0.29, 0.717) is 11.4 Å². The maximum atomic E-state index is 12.6. The topological polar surface area (TPSA) is 57.7 Å². The number of aromatic nitrogens is 1. The molecule has 1 saturated heterocycles. The molecule has 2 heterocycles. The molecule has 0 unspecified atom stereocenters. The monoisotopic (exact) mass is 354 g/mol. The predicted molar refractivity (Wildman–Crippen MR) is 103 cm³/mol. The van der Waals surface area contributed by atoms with Crippen molar-refractivity contribution in [1.29, 1.82) is 0 Å². The van der Waals surface area contributed by atoms with Gasteiger partial charge in [-0.1, -0.05) is 12.1 Å². The second-order valence-electron chi connectivity index (χ2n) is 6.82. The van der Waals surface area contributed by atoms with Gasteiger partial charge in [-0.05, 0) is 45.2 Å². The first-order valence-corrected chi connectivity index (χ1v) is 8.99. The molecule has 1 aliphatic heterocycles. The second-order valence-corrected chi connectivity index (χ2v) is 6.82. The smallest absolute Gasteiger partial charge is 0.255 e. The van der Waals surface area contributed by atoms with Gasteiger partial charge in [0.2, 0.25) is 0 Å². The van der Waals surface area contributed by atoms with Crippen LogP contribution in [0, 0.1) is 0 Å². The van der Waals surface area contributed by atoms with Gasteiger partial charge in [-0.25, -0.2) is 4.98 Å². The fraction of sp³-hybridized carbons (Fsp3) is 0.400. The van der Waals surface area contributed by atoms with Gasteiger partial charge in [0.1, 0.15) is 11.6 Å². The number of para-hydroxylation sites is 2. The number of benzene rings is 1. The van der Waals surface area contributed by atoms with E-state index in [4.69, 9.17) is 4.74 Å². The summed E-state index contributed by atoms with van der Waals surface area (Å²) in [5.74, 6) is 1.50. The third-order valence-corrected chi connectivity index (χ3v) is 4.31. The molecular weight excluding hydrogens is 328 g/mol. The molecular formula is C20H26N4O2. The molecule has 138 valence electrons. The molecule has 0 radical (unpaired) electrons. The summed E-state index contributed by atoms with van der Waals surface area (Å²) in [7, 11) is 2.07. The molecule has 1 N–H and O–H groups in total. The summed E-state index contributed by atoms with van der Waals surface area (Å²) >= 11 is 0.